The van der Waals surface area contributed by atoms with Crippen molar-refractivity contribution in [3.63, 3.8) is 0 Å². The molecule has 1 saturated heterocycles. The molecule has 3 aromatic rings. The van der Waals surface area contributed by atoms with Gasteiger partial charge in [-0.3, -0.25) is 14.3 Å². The summed E-state index contributed by atoms with van der Waals surface area (Å²) in [7, 11) is -2.56. The van der Waals surface area contributed by atoms with Crippen LogP contribution >= 0.6 is 22.6 Å². The molecule has 9 nitrogen and oxygen atoms in total. The molecule has 1 aliphatic heterocycles. The highest BCUT2D eigenvalue weighted by atomic mass is 127. The van der Waals surface area contributed by atoms with Gasteiger partial charge in [0.2, 0.25) is 5.91 Å². The third-order valence-corrected chi connectivity index (χ3v) is 8.19. The van der Waals surface area contributed by atoms with Crippen LogP contribution in [0.5, 0.6) is 5.75 Å². The highest BCUT2D eigenvalue weighted by molar-refractivity contribution is 14.1. The number of sulfonamides is 1. The zero-order chi connectivity index (χ0) is 26.4. The molecule has 0 aromatic heterocycles. The number of amides is 2. The first-order chi connectivity index (χ1) is 17.8. The molecule has 3 aromatic carbocycles. The van der Waals surface area contributed by atoms with E-state index in [0.29, 0.717) is 28.4 Å². The first-order valence-electron chi connectivity index (χ1n) is 11.7. The van der Waals surface area contributed by atoms with Gasteiger partial charge in [0.1, 0.15) is 10.6 Å². The van der Waals surface area contributed by atoms with Gasteiger partial charge in [-0.05, 0) is 77.9 Å². The average molecular weight is 634 g/mol. The second-order valence-corrected chi connectivity index (χ2v) is 11.2. The molecule has 3 N–H and O–H groups in total. The molecule has 11 heteroatoms. The van der Waals surface area contributed by atoms with Gasteiger partial charge in [-0.25, -0.2) is 8.42 Å². The maximum Gasteiger partial charge on any atom is 0.264 e. The van der Waals surface area contributed by atoms with E-state index in [1.807, 2.05) is 11.0 Å². The first kappa shape index (κ1) is 26.7. The van der Waals surface area contributed by atoms with Crippen molar-refractivity contribution in [3.05, 3.63) is 75.9 Å². The Morgan fingerprint density at radius 1 is 1.00 bits per heavy atom. The fraction of sp³-hybridized carbons (Fsp3) is 0.231. The lowest BCUT2D eigenvalue weighted by Crippen LogP contribution is -2.33. The van der Waals surface area contributed by atoms with E-state index in [4.69, 9.17) is 4.74 Å². The van der Waals surface area contributed by atoms with Crippen LogP contribution in [0.2, 0.25) is 0 Å². The Morgan fingerprint density at radius 3 is 2.43 bits per heavy atom. The molecule has 1 aliphatic rings. The molecule has 194 valence electrons. The molecule has 1 heterocycles. The van der Waals surface area contributed by atoms with Crippen LogP contribution in [0.25, 0.3) is 0 Å². The monoisotopic (exact) mass is 634 g/mol. The van der Waals surface area contributed by atoms with Gasteiger partial charge in [0.25, 0.3) is 15.9 Å². The van der Waals surface area contributed by atoms with Gasteiger partial charge in [-0.2, -0.15) is 0 Å². The molecule has 0 saturated carbocycles. The van der Waals surface area contributed by atoms with Crippen molar-refractivity contribution in [2.45, 2.75) is 17.7 Å². The van der Waals surface area contributed by atoms with E-state index in [-0.39, 0.29) is 17.3 Å². The summed E-state index contributed by atoms with van der Waals surface area (Å²) in [6.45, 7) is 1.22. The Bertz CT molecular complexity index is 1410. The first-order valence-corrected chi connectivity index (χ1v) is 14.2. The number of para-hydroxylation sites is 2. The zero-order valence-corrected chi connectivity index (χ0v) is 23.1. The molecular weight excluding hydrogens is 607 g/mol. The van der Waals surface area contributed by atoms with Crippen LogP contribution in [0.4, 0.5) is 17.1 Å². The second kappa shape index (κ2) is 11.8. The molecule has 1 fully saturated rings. The number of hydrogen-bond acceptors (Lipinski definition) is 6. The number of halogens is 1. The van der Waals surface area contributed by atoms with E-state index in [0.717, 1.165) is 29.5 Å². The lowest BCUT2D eigenvalue weighted by molar-refractivity contribution is -0.115. The summed E-state index contributed by atoms with van der Waals surface area (Å²) < 4.78 is 35.7. The zero-order valence-electron chi connectivity index (χ0n) is 20.2. The molecule has 0 aliphatic carbocycles. The van der Waals surface area contributed by atoms with Crippen LogP contribution in [-0.2, 0) is 14.8 Å². The maximum atomic E-state index is 13.5. The molecular formula is C26H27IN4O5S. The number of nitrogens with one attached hydrogen (secondary N) is 3. The highest BCUT2D eigenvalue weighted by Gasteiger charge is 2.26. The van der Waals surface area contributed by atoms with Gasteiger partial charge in [0.05, 0.1) is 30.6 Å². The Balaban J connectivity index is 1.54. The minimum absolute atomic E-state index is 0.0426. The van der Waals surface area contributed by atoms with Gasteiger partial charge in [0, 0.05) is 22.3 Å². The lowest BCUT2D eigenvalue weighted by atomic mass is 10.2. The highest BCUT2D eigenvalue weighted by Crippen LogP contribution is 2.34. The van der Waals surface area contributed by atoms with Crippen molar-refractivity contribution < 1.29 is 22.7 Å². The molecule has 0 radical (unpaired) electrons. The number of hydrogen-bond donors (Lipinski definition) is 3. The third-order valence-electron chi connectivity index (χ3n) is 5.86. The van der Waals surface area contributed by atoms with Crippen molar-refractivity contribution in [1.29, 1.82) is 0 Å². The summed E-state index contributed by atoms with van der Waals surface area (Å²) in [5, 5.41) is 5.29. The fourth-order valence-corrected chi connectivity index (χ4v) is 6.02. The molecule has 2 amide bonds. The summed E-state index contributed by atoms with van der Waals surface area (Å²) in [5.74, 6) is -0.454. The standard InChI is InChI=1S/C26H27IN4O5S/c1-36-23-11-5-4-10-21(23)30-37(34,35)24-16-18(12-13-22(24)31-14-6-7-15-31)29-25(32)17-28-26(33)19-8-2-3-9-20(19)27/h2-5,8-13,16,30H,6-7,14-15,17H2,1H3,(H,28,33)(H,29,32). The topological polar surface area (TPSA) is 117 Å². The number of benzene rings is 3. The summed E-state index contributed by atoms with van der Waals surface area (Å²) in [6, 6.07) is 18.6. The van der Waals surface area contributed by atoms with Crippen LogP contribution in [0.15, 0.2) is 71.6 Å². The van der Waals surface area contributed by atoms with E-state index in [2.05, 4.69) is 37.9 Å². The van der Waals surface area contributed by atoms with Crippen molar-refractivity contribution in [2.24, 2.45) is 0 Å². The van der Waals surface area contributed by atoms with Crippen LogP contribution in [0.3, 0.4) is 0 Å². The van der Waals surface area contributed by atoms with E-state index >= 15 is 0 Å². The minimum Gasteiger partial charge on any atom is -0.495 e. The Kier molecular flexibility index (Phi) is 8.54. The van der Waals surface area contributed by atoms with Gasteiger partial charge < -0.3 is 20.3 Å². The molecule has 37 heavy (non-hydrogen) atoms. The fourth-order valence-electron chi connectivity index (χ4n) is 4.06. The van der Waals surface area contributed by atoms with E-state index in [1.165, 1.54) is 13.2 Å². The molecule has 0 atom stereocenters. The Morgan fingerprint density at radius 2 is 1.70 bits per heavy atom. The summed E-state index contributed by atoms with van der Waals surface area (Å²) >= 11 is 2.06. The molecule has 0 unspecified atom stereocenters. The molecule has 0 bridgehead atoms. The summed E-state index contributed by atoms with van der Waals surface area (Å²) in [6.07, 6.45) is 1.94. The quantitative estimate of drug-likeness (QED) is 0.306. The Hall–Kier alpha value is -3.32. The van der Waals surface area contributed by atoms with Crippen LogP contribution in [0, 0.1) is 3.57 Å². The number of carbonyl (C=O) groups is 2. The number of ether oxygens (including phenoxy) is 1. The minimum atomic E-state index is -4.03. The van der Waals surface area contributed by atoms with Gasteiger partial charge in [-0.1, -0.05) is 24.3 Å². The van der Waals surface area contributed by atoms with E-state index in [9.17, 15) is 18.0 Å². The predicted octanol–water partition coefficient (Wildman–Crippen LogP) is 4.07. The molecule has 0 spiro atoms. The maximum absolute atomic E-state index is 13.5. The smallest absolute Gasteiger partial charge is 0.264 e. The van der Waals surface area contributed by atoms with Crippen molar-refractivity contribution in [2.75, 3.05) is 41.7 Å². The lowest BCUT2D eigenvalue weighted by Gasteiger charge is -2.23. The SMILES string of the molecule is COc1ccccc1NS(=O)(=O)c1cc(NC(=O)CNC(=O)c2ccccc2I)ccc1N1CCCC1. The van der Waals surface area contributed by atoms with Crippen LogP contribution in [0.1, 0.15) is 23.2 Å². The average Bonchev–Trinajstić information content (AvgIpc) is 3.42. The third kappa shape index (κ3) is 6.52. The number of rotatable bonds is 9. The van der Waals surface area contributed by atoms with Crippen molar-refractivity contribution in [1.82, 2.24) is 5.32 Å². The Labute approximate surface area is 229 Å². The van der Waals surface area contributed by atoms with Crippen molar-refractivity contribution >= 4 is 61.5 Å². The predicted molar refractivity (Wildman–Crippen MR) is 152 cm³/mol. The van der Waals surface area contributed by atoms with E-state index < -0.39 is 15.9 Å². The normalized spacial score (nSPS) is 13.2. The summed E-state index contributed by atoms with van der Waals surface area (Å²) in [5.41, 5.74) is 1.65. The number of nitrogens with zero attached hydrogens (tertiary/aromatic N) is 1. The summed E-state index contributed by atoms with van der Waals surface area (Å²) in [4.78, 5) is 27.1. The van der Waals surface area contributed by atoms with Crippen molar-refractivity contribution in [3.8, 4) is 5.75 Å². The largest absolute Gasteiger partial charge is 0.495 e. The van der Waals surface area contributed by atoms with Gasteiger partial charge >= 0.3 is 0 Å². The second-order valence-electron chi connectivity index (χ2n) is 8.39. The van der Waals surface area contributed by atoms with Gasteiger partial charge in [-0.15, -0.1) is 0 Å². The number of methoxy groups -OCH3 is 1. The van der Waals surface area contributed by atoms with Crippen LogP contribution < -0.4 is 25.0 Å². The number of anilines is 3. The van der Waals surface area contributed by atoms with Crippen LogP contribution in [-0.4, -0.2) is 47.0 Å². The number of carbonyl (C=O) groups excluding carboxylic acids is 2. The van der Waals surface area contributed by atoms with E-state index in [1.54, 1.807) is 54.6 Å². The molecule has 4 rings (SSSR count). The van der Waals surface area contributed by atoms with Gasteiger partial charge in [0.15, 0.2) is 0 Å².